The van der Waals surface area contributed by atoms with Gasteiger partial charge in [0.15, 0.2) is 0 Å². The molecule has 0 bridgehead atoms. The molecule has 0 spiro atoms. The first-order chi connectivity index (χ1) is 10.1. The Bertz CT molecular complexity index is 581. The predicted molar refractivity (Wildman–Crippen MR) is 88.5 cm³/mol. The van der Waals surface area contributed by atoms with Crippen LogP contribution in [0.4, 0.5) is 0 Å². The minimum Gasteiger partial charge on any atom is -0.492 e. The molecule has 0 unspecified atom stereocenters. The molecule has 0 aliphatic heterocycles. The Kier molecular flexibility index (Phi) is 5.82. The van der Waals surface area contributed by atoms with Crippen molar-refractivity contribution in [2.75, 3.05) is 6.61 Å². The van der Waals surface area contributed by atoms with Crippen LogP contribution >= 0.6 is 15.9 Å². The molecule has 0 aliphatic rings. The van der Waals surface area contributed by atoms with Crippen LogP contribution in [0.3, 0.4) is 0 Å². The molecular formula is C16H22BrN3O. The second-order valence-electron chi connectivity index (χ2n) is 5.38. The summed E-state index contributed by atoms with van der Waals surface area (Å²) < 4.78 is 8.80. The van der Waals surface area contributed by atoms with Gasteiger partial charge in [0.2, 0.25) is 0 Å². The van der Waals surface area contributed by atoms with Crippen molar-refractivity contribution in [3.63, 3.8) is 0 Å². The Morgan fingerprint density at radius 3 is 2.86 bits per heavy atom. The Morgan fingerprint density at radius 2 is 2.19 bits per heavy atom. The molecule has 114 valence electrons. The van der Waals surface area contributed by atoms with Crippen LogP contribution in [-0.2, 0) is 20.0 Å². The molecule has 0 radical (unpaired) electrons. The molecule has 2 aromatic rings. The summed E-state index contributed by atoms with van der Waals surface area (Å²) in [6.07, 6.45) is 4.75. The number of nitrogens with one attached hydrogen (secondary N) is 1. The largest absolute Gasteiger partial charge is 0.492 e. The number of aromatic nitrogens is 2. The van der Waals surface area contributed by atoms with E-state index in [0.717, 1.165) is 23.2 Å². The van der Waals surface area contributed by atoms with Crippen LogP contribution in [0.1, 0.15) is 25.0 Å². The van der Waals surface area contributed by atoms with E-state index < -0.39 is 0 Å². The van der Waals surface area contributed by atoms with Gasteiger partial charge in [-0.25, -0.2) is 0 Å². The molecule has 0 saturated heterocycles. The van der Waals surface area contributed by atoms with Crippen LogP contribution in [0.5, 0.6) is 5.75 Å². The van der Waals surface area contributed by atoms with E-state index in [1.807, 2.05) is 36.3 Å². The number of benzene rings is 1. The normalized spacial score (nSPS) is 11.1. The lowest BCUT2D eigenvalue weighted by Gasteiger charge is -2.15. The average molecular weight is 352 g/mol. The van der Waals surface area contributed by atoms with E-state index in [-0.39, 0.29) is 0 Å². The Balaban J connectivity index is 1.97. The van der Waals surface area contributed by atoms with Gasteiger partial charge >= 0.3 is 0 Å². The predicted octanol–water partition coefficient (Wildman–Crippen LogP) is 3.30. The molecule has 0 aliphatic carbocycles. The highest BCUT2D eigenvalue weighted by Crippen LogP contribution is 2.29. The molecule has 0 fully saturated rings. The maximum atomic E-state index is 5.99. The first-order valence-corrected chi connectivity index (χ1v) is 7.96. The van der Waals surface area contributed by atoms with Gasteiger partial charge in [-0.15, -0.1) is 0 Å². The number of nitrogens with zero attached hydrogens (tertiary/aromatic N) is 2. The quantitative estimate of drug-likeness (QED) is 0.831. The van der Waals surface area contributed by atoms with Crippen molar-refractivity contribution in [1.29, 1.82) is 0 Å². The summed E-state index contributed by atoms with van der Waals surface area (Å²) >= 11 is 3.58. The zero-order valence-electron chi connectivity index (χ0n) is 12.8. The first-order valence-electron chi connectivity index (χ1n) is 7.17. The fourth-order valence-electron chi connectivity index (χ4n) is 2.04. The van der Waals surface area contributed by atoms with Crippen molar-refractivity contribution < 1.29 is 4.74 Å². The number of aryl methyl sites for hydroxylation is 1. The molecule has 1 aromatic heterocycles. The van der Waals surface area contributed by atoms with Crippen molar-refractivity contribution in [2.45, 2.75) is 32.9 Å². The van der Waals surface area contributed by atoms with Crippen molar-refractivity contribution >= 4 is 15.9 Å². The highest BCUT2D eigenvalue weighted by Gasteiger charge is 2.09. The minimum absolute atomic E-state index is 0.451. The average Bonchev–Trinajstić information content (AvgIpc) is 2.84. The smallest absolute Gasteiger partial charge is 0.137 e. The summed E-state index contributed by atoms with van der Waals surface area (Å²) in [7, 11) is 1.92. The summed E-state index contributed by atoms with van der Waals surface area (Å²) in [6, 6.07) is 6.60. The van der Waals surface area contributed by atoms with Crippen molar-refractivity contribution in [3.8, 4) is 5.75 Å². The number of hydrogen-bond donors (Lipinski definition) is 1. The van der Waals surface area contributed by atoms with E-state index in [1.54, 1.807) is 0 Å². The molecule has 0 saturated carbocycles. The third-order valence-electron chi connectivity index (χ3n) is 3.14. The van der Waals surface area contributed by atoms with Gasteiger partial charge in [-0.3, -0.25) is 4.68 Å². The van der Waals surface area contributed by atoms with Gasteiger partial charge in [0.25, 0.3) is 0 Å². The molecule has 21 heavy (non-hydrogen) atoms. The first kappa shape index (κ1) is 16.0. The molecule has 5 heteroatoms. The van der Waals surface area contributed by atoms with Crippen LogP contribution in [0.15, 0.2) is 35.1 Å². The highest BCUT2D eigenvalue weighted by molar-refractivity contribution is 9.10. The Hall–Kier alpha value is -1.33. The molecule has 0 amide bonds. The van der Waals surface area contributed by atoms with Crippen LogP contribution in [0.2, 0.25) is 0 Å². The van der Waals surface area contributed by atoms with Crippen LogP contribution in [0.25, 0.3) is 0 Å². The zero-order chi connectivity index (χ0) is 15.2. The van der Waals surface area contributed by atoms with Gasteiger partial charge < -0.3 is 10.1 Å². The lowest BCUT2D eigenvalue weighted by Crippen LogP contribution is -2.22. The van der Waals surface area contributed by atoms with Gasteiger partial charge in [0.1, 0.15) is 5.75 Å². The number of hydrogen-bond acceptors (Lipinski definition) is 3. The summed E-state index contributed by atoms with van der Waals surface area (Å²) in [6.45, 7) is 5.73. The Labute approximate surface area is 134 Å². The highest BCUT2D eigenvalue weighted by atomic mass is 79.9. The van der Waals surface area contributed by atoms with Crippen molar-refractivity contribution in [1.82, 2.24) is 15.1 Å². The van der Waals surface area contributed by atoms with Gasteiger partial charge in [-0.2, -0.15) is 5.10 Å². The summed E-state index contributed by atoms with van der Waals surface area (Å²) in [5, 5.41) is 7.59. The van der Waals surface area contributed by atoms with Gasteiger partial charge in [0, 0.05) is 37.8 Å². The molecule has 1 heterocycles. The Morgan fingerprint density at radius 1 is 1.38 bits per heavy atom. The van der Waals surface area contributed by atoms with E-state index in [4.69, 9.17) is 4.74 Å². The van der Waals surface area contributed by atoms with Crippen LogP contribution in [-0.4, -0.2) is 22.4 Å². The third-order valence-corrected chi connectivity index (χ3v) is 3.77. The van der Waals surface area contributed by atoms with E-state index in [1.165, 1.54) is 11.1 Å². The monoisotopic (exact) mass is 351 g/mol. The molecule has 4 nitrogen and oxygen atoms in total. The van der Waals surface area contributed by atoms with Crippen LogP contribution in [0, 0.1) is 0 Å². The lowest BCUT2D eigenvalue weighted by molar-refractivity contribution is 0.315. The number of ether oxygens (including phenoxy) is 1. The fourth-order valence-corrected chi connectivity index (χ4v) is 2.56. The maximum Gasteiger partial charge on any atom is 0.137 e. The van der Waals surface area contributed by atoms with Gasteiger partial charge in [0.05, 0.1) is 17.3 Å². The standard InChI is InChI=1S/C16H22BrN3O/c1-12(2)18-10-14-5-4-6-15(17)16(14)21-8-7-13-9-19-20(3)11-13/h4-6,9,11-12,18H,7-8,10H2,1-3H3. The maximum absolute atomic E-state index is 5.99. The zero-order valence-corrected chi connectivity index (χ0v) is 14.4. The van der Waals surface area contributed by atoms with Gasteiger partial charge in [-0.1, -0.05) is 26.0 Å². The molecule has 1 N–H and O–H groups in total. The third kappa shape index (κ3) is 4.86. The summed E-state index contributed by atoms with van der Waals surface area (Å²) in [5.74, 6) is 0.926. The number of para-hydroxylation sites is 1. The van der Waals surface area contributed by atoms with Crippen molar-refractivity contribution in [2.24, 2.45) is 7.05 Å². The number of rotatable bonds is 7. The lowest BCUT2D eigenvalue weighted by atomic mass is 10.2. The SMILES string of the molecule is CC(C)NCc1cccc(Br)c1OCCc1cnn(C)c1. The second-order valence-corrected chi connectivity index (χ2v) is 6.24. The molecular weight excluding hydrogens is 330 g/mol. The summed E-state index contributed by atoms with van der Waals surface area (Å²) in [4.78, 5) is 0. The number of halogens is 1. The van der Waals surface area contributed by atoms with E-state index in [9.17, 15) is 0 Å². The molecule has 2 rings (SSSR count). The summed E-state index contributed by atoms with van der Waals surface area (Å²) in [5.41, 5.74) is 2.36. The fraction of sp³-hybridized carbons (Fsp3) is 0.438. The minimum atomic E-state index is 0.451. The second kappa shape index (κ2) is 7.61. The van der Waals surface area contributed by atoms with E-state index >= 15 is 0 Å². The van der Waals surface area contributed by atoms with Crippen LogP contribution < -0.4 is 10.1 Å². The molecule has 0 atom stereocenters. The van der Waals surface area contributed by atoms with E-state index in [0.29, 0.717) is 12.6 Å². The van der Waals surface area contributed by atoms with Gasteiger partial charge in [-0.05, 0) is 27.6 Å². The van der Waals surface area contributed by atoms with E-state index in [2.05, 4.69) is 46.3 Å². The van der Waals surface area contributed by atoms with Crippen molar-refractivity contribution in [3.05, 3.63) is 46.2 Å². The molecule has 1 aromatic carbocycles. The topological polar surface area (TPSA) is 39.1 Å².